The van der Waals surface area contributed by atoms with Gasteiger partial charge in [-0.05, 0) is 18.1 Å². The molecule has 4 N–H and O–H groups in total. The lowest BCUT2D eigenvalue weighted by atomic mass is 9.97. The van der Waals surface area contributed by atoms with Crippen molar-refractivity contribution in [2.24, 2.45) is 16.9 Å². The maximum atomic E-state index is 5.69. The van der Waals surface area contributed by atoms with E-state index in [-0.39, 0.29) is 5.41 Å². The summed E-state index contributed by atoms with van der Waals surface area (Å²) in [4.78, 5) is 0. The smallest absolute Gasteiger partial charge is 0.0628 e. The van der Waals surface area contributed by atoms with Crippen LogP contribution in [-0.2, 0) is 0 Å². The molecule has 0 spiro atoms. The largest absolute Gasteiger partial charge is 0.333 e. The molecule has 0 fully saturated rings. The third kappa shape index (κ3) is 4.56. The average Bonchev–Trinajstić information content (AvgIpc) is 1.86. The van der Waals surface area contributed by atoms with E-state index < -0.39 is 8.07 Å². The standard InChI is InChI=1S/C8H22N2Si/c1-8(2,5-9)6-11(3,4)7-10/h5-7,9-10H2,1-4H3. The van der Waals surface area contributed by atoms with Crippen molar-refractivity contribution >= 4 is 8.07 Å². The zero-order valence-electron chi connectivity index (χ0n) is 8.28. The van der Waals surface area contributed by atoms with Gasteiger partial charge in [0.1, 0.15) is 0 Å². The lowest BCUT2D eigenvalue weighted by molar-refractivity contribution is 0.421. The molecule has 0 bridgehead atoms. The molecule has 0 saturated heterocycles. The van der Waals surface area contributed by atoms with Crippen LogP contribution in [0, 0.1) is 5.41 Å². The first-order valence-electron chi connectivity index (χ1n) is 4.23. The van der Waals surface area contributed by atoms with Crippen LogP contribution in [0.4, 0.5) is 0 Å². The summed E-state index contributed by atoms with van der Waals surface area (Å²) < 4.78 is 0. The molecule has 3 heteroatoms. The summed E-state index contributed by atoms with van der Waals surface area (Å²) in [5, 5.41) is 0. The summed E-state index contributed by atoms with van der Waals surface area (Å²) in [6.07, 6.45) is 0.871. The molecule has 68 valence electrons. The lowest BCUT2D eigenvalue weighted by Crippen LogP contribution is -2.42. The van der Waals surface area contributed by atoms with Crippen molar-refractivity contribution < 1.29 is 0 Å². The first kappa shape index (κ1) is 11.1. The molecule has 0 aromatic rings. The third-order valence-electron chi connectivity index (χ3n) is 2.06. The van der Waals surface area contributed by atoms with E-state index in [0.717, 1.165) is 12.7 Å². The number of hydrogen-bond donors (Lipinski definition) is 2. The Hall–Kier alpha value is 0.137. The number of hydrogen-bond acceptors (Lipinski definition) is 2. The SMILES string of the molecule is CC(C)(CN)C[Si](C)(C)CN. The summed E-state index contributed by atoms with van der Waals surface area (Å²) >= 11 is 0. The van der Waals surface area contributed by atoms with E-state index in [1.165, 1.54) is 6.04 Å². The predicted octanol–water partition coefficient (Wildman–Crippen LogP) is 1.18. The Bertz CT molecular complexity index is 107. The second-order valence-electron chi connectivity index (χ2n) is 4.91. The minimum Gasteiger partial charge on any atom is -0.333 e. The first-order chi connectivity index (χ1) is 4.83. The van der Waals surface area contributed by atoms with Gasteiger partial charge in [0.2, 0.25) is 0 Å². The van der Waals surface area contributed by atoms with Crippen LogP contribution < -0.4 is 11.5 Å². The normalized spacial score (nSPS) is 13.6. The van der Waals surface area contributed by atoms with E-state index >= 15 is 0 Å². The van der Waals surface area contributed by atoms with Crippen molar-refractivity contribution in [3.63, 3.8) is 0 Å². The van der Waals surface area contributed by atoms with Gasteiger partial charge in [-0.15, -0.1) is 0 Å². The molecule has 0 aliphatic carbocycles. The van der Waals surface area contributed by atoms with Crippen LogP contribution >= 0.6 is 0 Å². The van der Waals surface area contributed by atoms with Crippen molar-refractivity contribution in [2.75, 3.05) is 12.7 Å². The molecule has 0 aliphatic heterocycles. The molecule has 11 heavy (non-hydrogen) atoms. The van der Waals surface area contributed by atoms with Crippen molar-refractivity contribution in [3.05, 3.63) is 0 Å². The summed E-state index contributed by atoms with van der Waals surface area (Å²) in [7, 11) is -1.14. The van der Waals surface area contributed by atoms with Crippen molar-refractivity contribution in [1.29, 1.82) is 0 Å². The molecule has 0 amide bonds. The van der Waals surface area contributed by atoms with Crippen LogP contribution in [0.1, 0.15) is 13.8 Å². The topological polar surface area (TPSA) is 52.0 Å². The van der Waals surface area contributed by atoms with Crippen molar-refractivity contribution in [2.45, 2.75) is 33.0 Å². The second kappa shape index (κ2) is 3.69. The van der Waals surface area contributed by atoms with Crippen LogP contribution in [0.15, 0.2) is 0 Å². The van der Waals surface area contributed by atoms with Gasteiger partial charge in [-0.2, -0.15) is 0 Å². The zero-order valence-corrected chi connectivity index (χ0v) is 9.28. The van der Waals surface area contributed by atoms with Crippen LogP contribution in [0.3, 0.4) is 0 Å². The minimum absolute atomic E-state index is 0.287. The Kier molecular flexibility index (Phi) is 3.74. The van der Waals surface area contributed by atoms with Crippen LogP contribution in [0.5, 0.6) is 0 Å². The van der Waals surface area contributed by atoms with Crippen LogP contribution in [-0.4, -0.2) is 20.8 Å². The van der Waals surface area contributed by atoms with Crippen molar-refractivity contribution in [3.8, 4) is 0 Å². The van der Waals surface area contributed by atoms with E-state index in [1.54, 1.807) is 0 Å². The van der Waals surface area contributed by atoms with Crippen LogP contribution in [0.25, 0.3) is 0 Å². The monoisotopic (exact) mass is 174 g/mol. The van der Waals surface area contributed by atoms with Gasteiger partial charge in [0, 0.05) is 0 Å². The Balaban J connectivity index is 4.02. The molecule has 0 aromatic carbocycles. The summed E-state index contributed by atoms with van der Waals surface area (Å²) in [6.45, 7) is 9.85. The van der Waals surface area contributed by atoms with Gasteiger partial charge >= 0.3 is 0 Å². The van der Waals surface area contributed by atoms with Gasteiger partial charge in [-0.1, -0.05) is 33.0 Å². The molecule has 0 atom stereocenters. The third-order valence-corrected chi connectivity index (χ3v) is 5.08. The first-order valence-corrected chi connectivity index (χ1v) is 7.64. The number of nitrogens with two attached hydrogens (primary N) is 2. The zero-order chi connectivity index (χ0) is 9.12. The summed E-state index contributed by atoms with van der Waals surface area (Å²) in [5.41, 5.74) is 11.6. The highest BCUT2D eigenvalue weighted by atomic mass is 28.3. The molecular formula is C8H22N2Si. The van der Waals surface area contributed by atoms with E-state index in [1.807, 2.05) is 0 Å². The predicted molar refractivity (Wildman–Crippen MR) is 54.2 cm³/mol. The molecule has 0 aromatic heterocycles. The maximum absolute atomic E-state index is 5.69. The average molecular weight is 174 g/mol. The van der Waals surface area contributed by atoms with E-state index in [0.29, 0.717) is 0 Å². The van der Waals surface area contributed by atoms with Gasteiger partial charge in [0.15, 0.2) is 0 Å². The van der Waals surface area contributed by atoms with Gasteiger partial charge in [0.05, 0.1) is 8.07 Å². The van der Waals surface area contributed by atoms with Crippen molar-refractivity contribution in [1.82, 2.24) is 0 Å². The van der Waals surface area contributed by atoms with Gasteiger partial charge < -0.3 is 11.5 Å². The fraction of sp³-hybridized carbons (Fsp3) is 1.00. The van der Waals surface area contributed by atoms with E-state index in [4.69, 9.17) is 11.5 Å². The number of rotatable bonds is 4. The minimum atomic E-state index is -1.14. The maximum Gasteiger partial charge on any atom is 0.0628 e. The fourth-order valence-electron chi connectivity index (χ4n) is 1.44. The molecule has 2 nitrogen and oxygen atoms in total. The molecule has 0 rings (SSSR count). The molecule has 0 radical (unpaired) electrons. The van der Waals surface area contributed by atoms with E-state index in [2.05, 4.69) is 26.9 Å². The van der Waals surface area contributed by atoms with E-state index in [9.17, 15) is 0 Å². The second-order valence-corrected chi connectivity index (χ2v) is 10.0. The molecule has 0 saturated carbocycles. The molecule has 0 unspecified atom stereocenters. The highest BCUT2D eigenvalue weighted by Gasteiger charge is 2.27. The Morgan fingerprint density at radius 3 is 1.91 bits per heavy atom. The highest BCUT2D eigenvalue weighted by molar-refractivity contribution is 6.77. The Morgan fingerprint density at radius 1 is 1.18 bits per heavy atom. The van der Waals surface area contributed by atoms with Gasteiger partial charge in [0.25, 0.3) is 0 Å². The summed E-state index contributed by atoms with van der Waals surface area (Å²) in [5.74, 6) is 0. The highest BCUT2D eigenvalue weighted by Crippen LogP contribution is 2.26. The molecule has 0 heterocycles. The Labute approximate surface area is 71.4 Å². The lowest BCUT2D eigenvalue weighted by Gasteiger charge is -2.31. The fourth-order valence-corrected chi connectivity index (χ4v) is 4.32. The summed E-state index contributed by atoms with van der Waals surface area (Å²) in [6, 6.07) is 1.23. The van der Waals surface area contributed by atoms with Gasteiger partial charge in [-0.25, -0.2) is 0 Å². The van der Waals surface area contributed by atoms with Gasteiger partial charge in [-0.3, -0.25) is 0 Å². The molecule has 0 aliphatic rings. The Morgan fingerprint density at radius 2 is 1.64 bits per heavy atom. The quantitative estimate of drug-likeness (QED) is 0.629. The van der Waals surface area contributed by atoms with Crippen LogP contribution in [0.2, 0.25) is 19.1 Å². The molecular weight excluding hydrogens is 152 g/mol.